The third kappa shape index (κ3) is 3.81. The van der Waals surface area contributed by atoms with Crippen LogP contribution in [0.5, 0.6) is 0 Å². The maximum Gasteiger partial charge on any atom is 0.246 e. The van der Waals surface area contributed by atoms with Crippen LogP contribution in [0.3, 0.4) is 0 Å². The minimum Gasteiger partial charge on any atom is -0.468 e. The number of furan rings is 1. The second-order valence-electron chi connectivity index (χ2n) is 6.06. The first-order valence-corrected chi connectivity index (χ1v) is 11.0. The predicted molar refractivity (Wildman–Crippen MR) is 89.5 cm³/mol. The molecule has 0 radical (unpaired) electrons. The number of hydrogen-bond acceptors (Lipinski definition) is 5. The lowest BCUT2D eigenvalue weighted by Crippen LogP contribution is -2.42. The number of nitrogens with zero attached hydrogens (tertiary/aromatic N) is 1. The van der Waals surface area contributed by atoms with E-state index in [2.05, 4.69) is 0 Å². The van der Waals surface area contributed by atoms with E-state index in [0.717, 1.165) is 16.4 Å². The highest BCUT2D eigenvalue weighted by atomic mass is 32.2. The Labute approximate surface area is 150 Å². The molecular formula is C16H17F2NO5S2. The van der Waals surface area contributed by atoms with Crippen LogP contribution in [0.25, 0.3) is 0 Å². The zero-order valence-electron chi connectivity index (χ0n) is 13.6. The topological polar surface area (TPSA) is 84.7 Å². The Hall–Kier alpha value is -1.78. The maximum absolute atomic E-state index is 13.8. The van der Waals surface area contributed by atoms with Gasteiger partial charge in [0, 0.05) is 13.1 Å². The molecule has 1 aromatic heterocycles. The molecule has 0 bridgehead atoms. The van der Waals surface area contributed by atoms with Gasteiger partial charge in [-0.1, -0.05) is 0 Å². The van der Waals surface area contributed by atoms with Gasteiger partial charge in [0.2, 0.25) is 10.0 Å². The van der Waals surface area contributed by atoms with Gasteiger partial charge >= 0.3 is 0 Å². The van der Waals surface area contributed by atoms with Gasteiger partial charge in [-0.15, -0.1) is 0 Å². The van der Waals surface area contributed by atoms with E-state index in [1.54, 1.807) is 12.1 Å². The first-order chi connectivity index (χ1) is 12.2. The number of piperidine rings is 1. The molecule has 1 saturated heterocycles. The van der Waals surface area contributed by atoms with Crippen LogP contribution in [0.15, 0.2) is 45.9 Å². The molecule has 2 aromatic rings. The molecule has 0 amide bonds. The summed E-state index contributed by atoms with van der Waals surface area (Å²) in [5, 5.41) is -0.712. The van der Waals surface area contributed by atoms with Crippen molar-refractivity contribution in [1.29, 1.82) is 0 Å². The minimum absolute atomic E-state index is 0.0825. The van der Waals surface area contributed by atoms with E-state index in [1.807, 2.05) is 0 Å². The van der Waals surface area contributed by atoms with Crippen molar-refractivity contribution in [3.05, 3.63) is 54.0 Å². The molecule has 26 heavy (non-hydrogen) atoms. The van der Waals surface area contributed by atoms with E-state index in [0.29, 0.717) is 11.8 Å². The van der Waals surface area contributed by atoms with Crippen molar-refractivity contribution in [2.75, 3.05) is 13.1 Å². The zero-order valence-corrected chi connectivity index (χ0v) is 15.3. The fraction of sp³-hybridized carbons (Fsp3) is 0.375. The molecule has 142 valence electrons. The number of halogens is 2. The number of sulfone groups is 1. The molecule has 2 heterocycles. The van der Waals surface area contributed by atoms with Crippen LogP contribution < -0.4 is 0 Å². The second-order valence-corrected chi connectivity index (χ2v) is 10.3. The Morgan fingerprint density at radius 3 is 2.38 bits per heavy atom. The summed E-state index contributed by atoms with van der Waals surface area (Å²) >= 11 is 0. The molecular weight excluding hydrogens is 388 g/mol. The molecule has 1 fully saturated rings. The highest BCUT2D eigenvalue weighted by Gasteiger charge is 2.36. The van der Waals surface area contributed by atoms with Crippen molar-refractivity contribution in [2.24, 2.45) is 0 Å². The summed E-state index contributed by atoms with van der Waals surface area (Å²) in [6.07, 6.45) is 1.55. The van der Waals surface area contributed by atoms with Gasteiger partial charge in [-0.25, -0.2) is 25.6 Å². The molecule has 0 N–H and O–H groups in total. The lowest BCUT2D eigenvalue weighted by Gasteiger charge is -2.30. The fourth-order valence-corrected chi connectivity index (χ4v) is 6.23. The lowest BCUT2D eigenvalue weighted by atomic mass is 10.2. The van der Waals surface area contributed by atoms with Crippen LogP contribution in [-0.2, 0) is 25.6 Å². The number of rotatable bonds is 5. The first kappa shape index (κ1) is 19.0. The van der Waals surface area contributed by atoms with Crippen molar-refractivity contribution >= 4 is 19.9 Å². The van der Waals surface area contributed by atoms with E-state index in [4.69, 9.17) is 4.42 Å². The smallest absolute Gasteiger partial charge is 0.246 e. The van der Waals surface area contributed by atoms with E-state index in [9.17, 15) is 25.6 Å². The summed E-state index contributed by atoms with van der Waals surface area (Å²) in [5.41, 5.74) is 0. The Kier molecular flexibility index (Phi) is 5.18. The molecule has 0 aliphatic carbocycles. The van der Waals surface area contributed by atoms with Crippen LogP contribution in [0.1, 0.15) is 18.6 Å². The second kappa shape index (κ2) is 7.09. The van der Waals surface area contributed by atoms with E-state index < -0.39 is 41.6 Å². The van der Waals surface area contributed by atoms with Crippen molar-refractivity contribution in [3.63, 3.8) is 0 Å². The summed E-state index contributed by atoms with van der Waals surface area (Å²) in [6.45, 7) is -0.166. The summed E-state index contributed by atoms with van der Waals surface area (Å²) in [4.78, 5) is -0.741. The van der Waals surface area contributed by atoms with Crippen LogP contribution >= 0.6 is 0 Å². The number of benzene rings is 1. The lowest BCUT2D eigenvalue weighted by molar-refractivity contribution is 0.343. The Morgan fingerprint density at radius 2 is 1.77 bits per heavy atom. The highest BCUT2D eigenvalue weighted by molar-refractivity contribution is 7.91. The van der Waals surface area contributed by atoms with Crippen LogP contribution in [0, 0.1) is 11.6 Å². The molecule has 1 aliphatic rings. The first-order valence-electron chi connectivity index (χ1n) is 7.89. The molecule has 3 rings (SSSR count). The van der Waals surface area contributed by atoms with Crippen molar-refractivity contribution < 1.29 is 30.0 Å². The van der Waals surface area contributed by atoms with Crippen LogP contribution in [0.2, 0.25) is 0 Å². The molecule has 0 spiro atoms. The Morgan fingerprint density at radius 1 is 1.08 bits per heavy atom. The molecule has 1 aromatic carbocycles. The third-order valence-corrected chi connectivity index (χ3v) is 8.43. The van der Waals surface area contributed by atoms with Crippen LogP contribution in [0.4, 0.5) is 8.78 Å². The Balaban J connectivity index is 1.72. The summed E-state index contributed by atoms with van der Waals surface area (Å²) in [6, 6.07) is 5.37. The van der Waals surface area contributed by atoms with Gasteiger partial charge in [0.25, 0.3) is 0 Å². The number of sulfonamides is 1. The molecule has 6 nitrogen and oxygen atoms in total. The van der Waals surface area contributed by atoms with Gasteiger partial charge in [-0.05, 0) is 43.2 Å². The van der Waals surface area contributed by atoms with Gasteiger partial charge in [-0.2, -0.15) is 4.31 Å². The third-order valence-electron chi connectivity index (χ3n) is 4.34. The monoisotopic (exact) mass is 405 g/mol. The van der Waals surface area contributed by atoms with Gasteiger partial charge in [-0.3, -0.25) is 0 Å². The largest absolute Gasteiger partial charge is 0.468 e. The average Bonchev–Trinajstić information content (AvgIpc) is 3.09. The summed E-state index contributed by atoms with van der Waals surface area (Å²) < 4.78 is 83.1. The van der Waals surface area contributed by atoms with Crippen molar-refractivity contribution in [2.45, 2.75) is 28.7 Å². The van der Waals surface area contributed by atoms with Gasteiger partial charge < -0.3 is 4.42 Å². The van der Waals surface area contributed by atoms with Gasteiger partial charge in [0.1, 0.15) is 28.0 Å². The summed E-state index contributed by atoms with van der Waals surface area (Å²) in [5.74, 6) is -1.84. The normalized spacial score (nSPS) is 17.5. The van der Waals surface area contributed by atoms with Crippen molar-refractivity contribution in [1.82, 2.24) is 4.31 Å². The fourth-order valence-electron chi connectivity index (χ4n) is 2.96. The SMILES string of the molecule is O=S(=O)(Cc1ccco1)C1CCN(S(=O)(=O)c2cc(F)ccc2F)CC1. The minimum atomic E-state index is -4.23. The summed E-state index contributed by atoms with van der Waals surface area (Å²) in [7, 11) is -7.73. The standard InChI is InChI=1S/C16H17F2NO5S2/c17-12-3-4-15(18)16(10-12)26(22,23)19-7-5-14(6-8-19)25(20,21)11-13-2-1-9-24-13/h1-4,9-10,14H,5-8,11H2. The van der Waals surface area contributed by atoms with Crippen LogP contribution in [-0.4, -0.2) is 39.5 Å². The number of hydrogen-bond donors (Lipinski definition) is 0. The molecule has 1 aliphatic heterocycles. The highest BCUT2D eigenvalue weighted by Crippen LogP contribution is 2.27. The molecule has 0 atom stereocenters. The van der Waals surface area contributed by atoms with Gasteiger partial charge in [0.15, 0.2) is 9.84 Å². The van der Waals surface area contributed by atoms with Crippen molar-refractivity contribution in [3.8, 4) is 0 Å². The maximum atomic E-state index is 13.8. The van der Waals surface area contributed by atoms with E-state index >= 15 is 0 Å². The molecule has 0 unspecified atom stereocenters. The Bertz CT molecular complexity index is 980. The average molecular weight is 405 g/mol. The zero-order chi connectivity index (χ0) is 18.9. The predicted octanol–water partition coefficient (Wildman–Crippen LogP) is 2.33. The quantitative estimate of drug-likeness (QED) is 0.762. The van der Waals surface area contributed by atoms with E-state index in [-0.39, 0.29) is 31.7 Å². The molecule has 0 saturated carbocycles. The van der Waals surface area contributed by atoms with E-state index in [1.165, 1.54) is 6.26 Å². The molecule has 10 heteroatoms. The van der Waals surface area contributed by atoms with Gasteiger partial charge in [0.05, 0.1) is 11.5 Å².